The Morgan fingerprint density at radius 2 is 2.00 bits per heavy atom. The van der Waals surface area contributed by atoms with Gasteiger partial charge in [-0.1, -0.05) is 6.92 Å². The number of aromatic nitrogens is 4. The lowest BCUT2D eigenvalue weighted by Crippen LogP contribution is -2.26. The quantitative estimate of drug-likeness (QED) is 0.910. The minimum absolute atomic E-state index is 0.102. The van der Waals surface area contributed by atoms with E-state index in [9.17, 15) is 0 Å². The molecule has 1 atom stereocenters. The number of nitrogens with one attached hydrogen (secondary N) is 1. The van der Waals surface area contributed by atoms with Gasteiger partial charge >= 0.3 is 0 Å². The van der Waals surface area contributed by atoms with Crippen molar-refractivity contribution in [3.8, 4) is 0 Å². The zero-order chi connectivity index (χ0) is 14.9. The summed E-state index contributed by atoms with van der Waals surface area (Å²) < 4.78 is 4.88. The van der Waals surface area contributed by atoms with Crippen LogP contribution in [0.5, 0.6) is 0 Å². The summed E-state index contributed by atoms with van der Waals surface area (Å²) in [6, 6.07) is 0.102. The highest BCUT2D eigenvalue weighted by Gasteiger charge is 2.25. The van der Waals surface area contributed by atoms with Crippen LogP contribution in [0.4, 0.5) is 0 Å². The molecule has 0 amide bonds. The topological polar surface area (TPSA) is 47.7 Å². The second-order valence-electron chi connectivity index (χ2n) is 5.10. The standard InChI is InChI=1S/C14H22BrN5/c1-6-7-16-13(14-11(15)8-17-20(14)5)12-9(2)18-19(4)10(12)3/h8,13,16H,6-7H2,1-5H3. The number of nitrogens with zero attached hydrogens (tertiary/aromatic N) is 4. The van der Waals surface area contributed by atoms with E-state index in [-0.39, 0.29) is 6.04 Å². The molecule has 2 heterocycles. The number of rotatable bonds is 5. The molecule has 2 aromatic heterocycles. The van der Waals surface area contributed by atoms with Crippen molar-refractivity contribution in [1.29, 1.82) is 0 Å². The molecule has 0 aliphatic heterocycles. The Balaban J connectivity index is 2.53. The molecule has 0 aliphatic rings. The molecule has 0 fully saturated rings. The second kappa shape index (κ2) is 6.10. The summed E-state index contributed by atoms with van der Waals surface area (Å²) in [5.41, 5.74) is 4.62. The van der Waals surface area contributed by atoms with Crippen LogP contribution in [0.1, 0.15) is 42.0 Å². The van der Waals surface area contributed by atoms with Gasteiger partial charge in [0.1, 0.15) is 0 Å². The molecule has 1 N–H and O–H groups in total. The molecular weight excluding hydrogens is 318 g/mol. The van der Waals surface area contributed by atoms with Crippen LogP contribution < -0.4 is 5.32 Å². The summed E-state index contributed by atoms with van der Waals surface area (Å²) >= 11 is 3.61. The molecule has 20 heavy (non-hydrogen) atoms. The third-order valence-corrected chi connectivity index (χ3v) is 4.27. The molecule has 0 saturated carbocycles. The van der Waals surface area contributed by atoms with Crippen molar-refractivity contribution in [2.45, 2.75) is 33.2 Å². The fourth-order valence-corrected chi connectivity index (χ4v) is 3.15. The molecule has 0 radical (unpaired) electrons. The minimum Gasteiger partial charge on any atom is -0.305 e. The Hall–Kier alpha value is -1.14. The molecule has 110 valence electrons. The maximum atomic E-state index is 4.54. The third-order valence-electron chi connectivity index (χ3n) is 3.66. The Morgan fingerprint density at radius 3 is 2.45 bits per heavy atom. The van der Waals surface area contributed by atoms with E-state index in [1.807, 2.05) is 29.7 Å². The predicted molar refractivity (Wildman–Crippen MR) is 83.7 cm³/mol. The van der Waals surface area contributed by atoms with Gasteiger partial charge < -0.3 is 5.32 Å². The maximum absolute atomic E-state index is 4.54. The first-order valence-electron chi connectivity index (χ1n) is 6.88. The molecule has 0 aromatic carbocycles. The number of hydrogen-bond acceptors (Lipinski definition) is 3. The van der Waals surface area contributed by atoms with Crippen LogP contribution in [0, 0.1) is 13.8 Å². The first-order valence-corrected chi connectivity index (χ1v) is 7.67. The third kappa shape index (κ3) is 2.67. The van der Waals surface area contributed by atoms with E-state index in [0.29, 0.717) is 0 Å². The SMILES string of the molecule is CCCNC(c1c(C)nn(C)c1C)c1c(Br)cnn1C. The van der Waals surface area contributed by atoms with E-state index in [2.05, 4.69) is 52.2 Å². The molecular formula is C14H22BrN5. The van der Waals surface area contributed by atoms with Crippen molar-refractivity contribution < 1.29 is 0 Å². The highest BCUT2D eigenvalue weighted by atomic mass is 79.9. The van der Waals surface area contributed by atoms with Crippen LogP contribution in [0.25, 0.3) is 0 Å². The van der Waals surface area contributed by atoms with Gasteiger partial charge in [0.15, 0.2) is 0 Å². The first kappa shape index (κ1) is 15.3. The normalized spacial score (nSPS) is 12.9. The van der Waals surface area contributed by atoms with Crippen LogP contribution in [-0.2, 0) is 14.1 Å². The van der Waals surface area contributed by atoms with Crippen molar-refractivity contribution in [3.05, 3.63) is 33.3 Å². The van der Waals surface area contributed by atoms with E-state index >= 15 is 0 Å². The van der Waals surface area contributed by atoms with Gasteiger partial charge in [-0.25, -0.2) is 0 Å². The van der Waals surface area contributed by atoms with Gasteiger partial charge in [0.05, 0.1) is 28.1 Å². The summed E-state index contributed by atoms with van der Waals surface area (Å²) in [6.45, 7) is 7.30. The number of aryl methyl sites for hydroxylation is 3. The van der Waals surface area contributed by atoms with Crippen molar-refractivity contribution in [2.75, 3.05) is 6.54 Å². The average Bonchev–Trinajstić information content (AvgIpc) is 2.85. The van der Waals surface area contributed by atoms with E-state index in [1.165, 1.54) is 11.3 Å². The van der Waals surface area contributed by atoms with Crippen LogP contribution in [0.2, 0.25) is 0 Å². The molecule has 6 heteroatoms. The van der Waals surface area contributed by atoms with E-state index in [4.69, 9.17) is 0 Å². The van der Waals surface area contributed by atoms with E-state index in [0.717, 1.165) is 28.8 Å². The van der Waals surface area contributed by atoms with Crippen LogP contribution >= 0.6 is 15.9 Å². The lowest BCUT2D eigenvalue weighted by atomic mass is 10.0. The van der Waals surface area contributed by atoms with Crippen molar-refractivity contribution in [2.24, 2.45) is 14.1 Å². The fraction of sp³-hybridized carbons (Fsp3) is 0.571. The largest absolute Gasteiger partial charge is 0.305 e. The van der Waals surface area contributed by atoms with Crippen LogP contribution in [-0.4, -0.2) is 26.1 Å². The smallest absolute Gasteiger partial charge is 0.0795 e. The monoisotopic (exact) mass is 339 g/mol. The molecule has 2 rings (SSSR count). The summed E-state index contributed by atoms with van der Waals surface area (Å²) in [7, 11) is 3.96. The summed E-state index contributed by atoms with van der Waals surface area (Å²) in [5, 5.41) is 12.5. The van der Waals surface area contributed by atoms with Gasteiger partial charge in [-0.15, -0.1) is 0 Å². The molecule has 2 aromatic rings. The van der Waals surface area contributed by atoms with Gasteiger partial charge in [-0.3, -0.25) is 9.36 Å². The van der Waals surface area contributed by atoms with Gasteiger partial charge in [0, 0.05) is 25.4 Å². The van der Waals surface area contributed by atoms with E-state index < -0.39 is 0 Å². The van der Waals surface area contributed by atoms with Gasteiger partial charge in [0.25, 0.3) is 0 Å². The second-order valence-corrected chi connectivity index (χ2v) is 5.95. The minimum atomic E-state index is 0.102. The molecule has 0 bridgehead atoms. The first-order chi connectivity index (χ1) is 9.47. The highest BCUT2D eigenvalue weighted by Crippen LogP contribution is 2.31. The molecule has 1 unspecified atom stereocenters. The van der Waals surface area contributed by atoms with Gasteiger partial charge in [-0.05, 0) is 42.7 Å². The lowest BCUT2D eigenvalue weighted by Gasteiger charge is -2.20. The Bertz CT molecular complexity index is 579. The zero-order valence-corrected chi connectivity index (χ0v) is 14.3. The van der Waals surface area contributed by atoms with E-state index in [1.54, 1.807) is 0 Å². The molecule has 5 nitrogen and oxygen atoms in total. The number of halogens is 1. The fourth-order valence-electron chi connectivity index (χ4n) is 2.58. The van der Waals surface area contributed by atoms with Crippen molar-refractivity contribution in [1.82, 2.24) is 24.9 Å². The summed E-state index contributed by atoms with van der Waals surface area (Å²) in [4.78, 5) is 0. The zero-order valence-electron chi connectivity index (χ0n) is 12.7. The van der Waals surface area contributed by atoms with Gasteiger partial charge in [-0.2, -0.15) is 10.2 Å². The molecule has 0 saturated heterocycles. The Morgan fingerprint density at radius 1 is 1.30 bits per heavy atom. The summed E-state index contributed by atoms with van der Waals surface area (Å²) in [5.74, 6) is 0. The Kier molecular flexibility index (Phi) is 4.65. The average molecular weight is 340 g/mol. The van der Waals surface area contributed by atoms with Crippen molar-refractivity contribution >= 4 is 15.9 Å². The number of hydrogen-bond donors (Lipinski definition) is 1. The van der Waals surface area contributed by atoms with Crippen LogP contribution in [0.3, 0.4) is 0 Å². The van der Waals surface area contributed by atoms with Gasteiger partial charge in [0.2, 0.25) is 0 Å². The maximum Gasteiger partial charge on any atom is 0.0795 e. The van der Waals surface area contributed by atoms with Crippen LogP contribution in [0.15, 0.2) is 10.7 Å². The summed E-state index contributed by atoms with van der Waals surface area (Å²) in [6.07, 6.45) is 2.93. The predicted octanol–water partition coefficient (Wildman–Crippen LogP) is 2.62. The van der Waals surface area contributed by atoms with Crippen molar-refractivity contribution in [3.63, 3.8) is 0 Å². The Labute approximate surface area is 128 Å². The lowest BCUT2D eigenvalue weighted by molar-refractivity contribution is 0.547. The highest BCUT2D eigenvalue weighted by molar-refractivity contribution is 9.10. The molecule has 0 spiro atoms. The molecule has 0 aliphatic carbocycles.